The van der Waals surface area contributed by atoms with Gasteiger partial charge in [-0.25, -0.2) is 0 Å². The van der Waals surface area contributed by atoms with Crippen LogP contribution in [0, 0.1) is 11.8 Å². The normalized spacial score (nSPS) is 22.7. The van der Waals surface area contributed by atoms with Gasteiger partial charge in [0.25, 0.3) is 0 Å². The number of hydrogen-bond donors (Lipinski definition) is 2. The highest BCUT2D eigenvalue weighted by atomic mass is 16.4. The Bertz CT molecular complexity index is 439. The van der Waals surface area contributed by atoms with Crippen molar-refractivity contribution in [1.82, 2.24) is 0 Å². The van der Waals surface area contributed by atoms with Gasteiger partial charge in [-0.2, -0.15) is 0 Å². The second-order valence-electron chi connectivity index (χ2n) is 6.72. The van der Waals surface area contributed by atoms with Crippen LogP contribution in [0.3, 0.4) is 0 Å². The Labute approximate surface area is 145 Å². The average molecular weight is 336 g/mol. The number of allylic oxidation sites excluding steroid dienone is 3. The van der Waals surface area contributed by atoms with Gasteiger partial charge in [0.15, 0.2) is 0 Å². The molecule has 0 amide bonds. The number of carbonyl (C=O) groups excluding carboxylic acids is 1. The lowest BCUT2D eigenvalue weighted by molar-refractivity contribution is -0.136. The van der Waals surface area contributed by atoms with E-state index >= 15 is 0 Å². The van der Waals surface area contributed by atoms with Gasteiger partial charge in [0.2, 0.25) is 0 Å². The number of ketones is 1. The maximum absolute atomic E-state index is 12.0. The quantitative estimate of drug-likeness (QED) is 0.412. The van der Waals surface area contributed by atoms with Crippen LogP contribution in [-0.4, -0.2) is 28.1 Å². The third-order valence-corrected chi connectivity index (χ3v) is 4.67. The fourth-order valence-corrected chi connectivity index (χ4v) is 3.19. The molecule has 0 saturated heterocycles. The summed E-state index contributed by atoms with van der Waals surface area (Å²) < 4.78 is 0. The van der Waals surface area contributed by atoms with E-state index in [1.165, 1.54) is 12.8 Å². The van der Waals surface area contributed by atoms with Crippen LogP contribution >= 0.6 is 0 Å². The van der Waals surface area contributed by atoms with Crippen LogP contribution in [-0.2, 0) is 9.59 Å². The van der Waals surface area contributed by atoms with Crippen molar-refractivity contribution < 1.29 is 19.8 Å². The maximum Gasteiger partial charge on any atom is 0.303 e. The molecular formula is C20H32O4. The van der Waals surface area contributed by atoms with E-state index in [2.05, 4.69) is 6.92 Å². The molecule has 4 heteroatoms. The van der Waals surface area contributed by atoms with Crippen LogP contribution in [0.25, 0.3) is 0 Å². The smallest absolute Gasteiger partial charge is 0.303 e. The van der Waals surface area contributed by atoms with Crippen molar-refractivity contribution in [1.29, 1.82) is 0 Å². The van der Waals surface area contributed by atoms with Crippen molar-refractivity contribution in [3.63, 3.8) is 0 Å². The number of Topliss-reactive ketones (excluding diaryl/α,β-unsaturated/α-hetero) is 1. The summed E-state index contributed by atoms with van der Waals surface area (Å²) in [5, 5.41) is 18.6. The molecule has 2 N–H and O–H groups in total. The molecule has 3 atom stereocenters. The minimum Gasteiger partial charge on any atom is -0.481 e. The molecule has 24 heavy (non-hydrogen) atoms. The van der Waals surface area contributed by atoms with Crippen molar-refractivity contribution in [2.45, 2.75) is 77.2 Å². The minimum atomic E-state index is -0.801. The number of aliphatic hydroxyl groups excluding tert-OH is 1. The third-order valence-electron chi connectivity index (χ3n) is 4.67. The van der Waals surface area contributed by atoms with E-state index in [0.717, 1.165) is 25.7 Å². The number of carboxylic acid groups (broad SMARTS) is 1. The first-order chi connectivity index (χ1) is 11.5. The fourth-order valence-electron chi connectivity index (χ4n) is 3.19. The lowest BCUT2D eigenvalue weighted by atomic mass is 9.91. The summed E-state index contributed by atoms with van der Waals surface area (Å²) in [4.78, 5) is 22.5. The molecule has 136 valence electrons. The summed E-state index contributed by atoms with van der Waals surface area (Å²) >= 11 is 0. The first-order valence-corrected chi connectivity index (χ1v) is 9.30. The molecule has 0 bridgehead atoms. The Morgan fingerprint density at radius 1 is 1.29 bits per heavy atom. The molecule has 1 aliphatic rings. The highest BCUT2D eigenvalue weighted by Crippen LogP contribution is 2.33. The lowest BCUT2D eigenvalue weighted by Gasteiger charge is -2.13. The first-order valence-electron chi connectivity index (χ1n) is 9.30. The number of rotatable bonds is 12. The van der Waals surface area contributed by atoms with E-state index < -0.39 is 12.1 Å². The number of unbranched alkanes of at least 4 members (excludes halogenated alkanes) is 3. The average Bonchev–Trinajstić information content (AvgIpc) is 2.89. The highest BCUT2D eigenvalue weighted by Gasteiger charge is 2.31. The molecule has 0 radical (unpaired) electrons. The van der Waals surface area contributed by atoms with Crippen LogP contribution < -0.4 is 0 Å². The fraction of sp³-hybridized carbons (Fsp3) is 0.700. The largest absolute Gasteiger partial charge is 0.481 e. The van der Waals surface area contributed by atoms with Crippen LogP contribution in [0.4, 0.5) is 0 Å². The van der Waals surface area contributed by atoms with E-state index in [-0.39, 0.29) is 24.0 Å². The topological polar surface area (TPSA) is 74.6 Å². The third kappa shape index (κ3) is 8.44. The van der Waals surface area contributed by atoms with Gasteiger partial charge in [-0.3, -0.25) is 9.59 Å². The summed E-state index contributed by atoms with van der Waals surface area (Å²) in [6.45, 7) is 2.17. The SMILES string of the molecule is CCCCCCC(O)/C=C/C1CCC(=O)C1C/C=C/CCC(=O)O. The number of aliphatic hydroxyl groups is 1. The Hall–Kier alpha value is -1.42. The molecular weight excluding hydrogens is 304 g/mol. The Morgan fingerprint density at radius 2 is 2.08 bits per heavy atom. The zero-order valence-corrected chi connectivity index (χ0v) is 14.8. The molecule has 0 aromatic carbocycles. The first kappa shape index (κ1) is 20.6. The summed E-state index contributed by atoms with van der Waals surface area (Å²) in [6.07, 6.45) is 15.4. The predicted octanol–water partition coefficient (Wildman–Crippen LogP) is 4.28. The molecule has 0 aromatic rings. The van der Waals surface area contributed by atoms with Gasteiger partial charge >= 0.3 is 5.97 Å². The Morgan fingerprint density at radius 3 is 2.79 bits per heavy atom. The molecule has 1 aliphatic carbocycles. The molecule has 0 spiro atoms. The molecule has 1 rings (SSSR count). The Balaban J connectivity index is 2.37. The summed E-state index contributed by atoms with van der Waals surface area (Å²) in [7, 11) is 0. The molecule has 4 nitrogen and oxygen atoms in total. The van der Waals surface area contributed by atoms with E-state index in [9.17, 15) is 14.7 Å². The number of carboxylic acids is 1. The number of hydrogen-bond acceptors (Lipinski definition) is 3. The second kappa shape index (κ2) is 12.0. The highest BCUT2D eigenvalue weighted by molar-refractivity contribution is 5.83. The number of carbonyl (C=O) groups is 2. The van der Waals surface area contributed by atoms with Gasteiger partial charge in [0, 0.05) is 18.8 Å². The summed E-state index contributed by atoms with van der Waals surface area (Å²) in [5.74, 6) is -0.336. The van der Waals surface area contributed by atoms with Crippen molar-refractivity contribution in [2.75, 3.05) is 0 Å². The Kier molecular flexibility index (Phi) is 10.3. The van der Waals surface area contributed by atoms with Crippen molar-refractivity contribution in [3.8, 4) is 0 Å². The summed E-state index contributed by atoms with van der Waals surface area (Å²) in [6, 6.07) is 0. The van der Waals surface area contributed by atoms with Crippen molar-refractivity contribution in [2.24, 2.45) is 11.8 Å². The monoisotopic (exact) mass is 336 g/mol. The van der Waals surface area contributed by atoms with E-state index in [1.54, 1.807) is 0 Å². The van der Waals surface area contributed by atoms with E-state index in [4.69, 9.17) is 5.11 Å². The molecule has 0 aliphatic heterocycles. The molecule has 3 unspecified atom stereocenters. The molecule has 1 saturated carbocycles. The van der Waals surface area contributed by atoms with E-state index in [1.807, 2.05) is 24.3 Å². The zero-order chi connectivity index (χ0) is 17.8. The van der Waals surface area contributed by atoms with Gasteiger partial charge < -0.3 is 10.2 Å². The van der Waals surface area contributed by atoms with Gasteiger partial charge in [0.1, 0.15) is 5.78 Å². The summed E-state index contributed by atoms with van der Waals surface area (Å²) in [5.41, 5.74) is 0. The standard InChI is InChI=1S/C20H32O4/c1-2-3-4-6-9-17(21)14-12-16-13-15-19(22)18(16)10-7-5-8-11-20(23)24/h5,7,12,14,16-18,21H,2-4,6,8-11,13,15H2,1H3,(H,23,24)/b7-5+,14-12+. The maximum atomic E-state index is 12.0. The van der Waals surface area contributed by atoms with Gasteiger partial charge in [-0.1, -0.05) is 56.9 Å². The van der Waals surface area contributed by atoms with E-state index in [0.29, 0.717) is 19.3 Å². The van der Waals surface area contributed by atoms with Crippen LogP contribution in [0.2, 0.25) is 0 Å². The predicted molar refractivity (Wildman–Crippen MR) is 95.8 cm³/mol. The van der Waals surface area contributed by atoms with Crippen LogP contribution in [0.5, 0.6) is 0 Å². The second-order valence-corrected chi connectivity index (χ2v) is 6.72. The molecule has 1 fully saturated rings. The number of aliphatic carboxylic acids is 1. The van der Waals surface area contributed by atoms with Crippen molar-refractivity contribution in [3.05, 3.63) is 24.3 Å². The van der Waals surface area contributed by atoms with Crippen LogP contribution in [0.1, 0.15) is 71.1 Å². The lowest BCUT2D eigenvalue weighted by Crippen LogP contribution is -2.13. The van der Waals surface area contributed by atoms with Gasteiger partial charge in [-0.15, -0.1) is 0 Å². The van der Waals surface area contributed by atoms with Crippen LogP contribution in [0.15, 0.2) is 24.3 Å². The molecule has 0 aromatic heterocycles. The van der Waals surface area contributed by atoms with Gasteiger partial charge in [0.05, 0.1) is 6.10 Å². The van der Waals surface area contributed by atoms with Crippen molar-refractivity contribution >= 4 is 11.8 Å². The molecule has 0 heterocycles. The van der Waals surface area contributed by atoms with Gasteiger partial charge in [-0.05, 0) is 31.6 Å². The zero-order valence-electron chi connectivity index (χ0n) is 14.8. The minimum absolute atomic E-state index is 0.0189.